The van der Waals surface area contributed by atoms with E-state index < -0.39 is 0 Å². The average Bonchev–Trinajstić information content (AvgIpc) is 3.18. The van der Waals surface area contributed by atoms with E-state index in [1.807, 2.05) is 36.5 Å². The number of H-pyrrole nitrogens is 1. The fourth-order valence-corrected chi connectivity index (χ4v) is 2.95. The van der Waals surface area contributed by atoms with Gasteiger partial charge < -0.3 is 5.32 Å². The fourth-order valence-electron chi connectivity index (χ4n) is 2.95. The number of hydrogen-bond donors (Lipinski definition) is 2. The first kappa shape index (κ1) is 12.3. The molecule has 1 atom stereocenters. The Hall–Kier alpha value is -2.40. The van der Waals surface area contributed by atoms with E-state index in [0.29, 0.717) is 11.6 Å². The molecule has 1 fully saturated rings. The van der Waals surface area contributed by atoms with Gasteiger partial charge in [-0.25, -0.2) is 9.50 Å². The van der Waals surface area contributed by atoms with Crippen molar-refractivity contribution >= 4 is 5.65 Å². The van der Waals surface area contributed by atoms with Crippen LogP contribution < -0.4 is 10.9 Å². The third kappa shape index (κ3) is 2.06. The number of benzene rings is 1. The zero-order valence-corrected chi connectivity index (χ0v) is 11.5. The van der Waals surface area contributed by atoms with Crippen molar-refractivity contribution in [2.45, 2.75) is 12.3 Å². The van der Waals surface area contributed by atoms with Crippen molar-refractivity contribution in [3.8, 4) is 11.1 Å². The second-order valence-electron chi connectivity index (χ2n) is 5.42. The van der Waals surface area contributed by atoms with Crippen LogP contribution in [-0.4, -0.2) is 27.7 Å². The van der Waals surface area contributed by atoms with Crippen LogP contribution in [0.25, 0.3) is 16.8 Å². The summed E-state index contributed by atoms with van der Waals surface area (Å²) in [6, 6.07) is 11.7. The molecule has 1 aliphatic rings. The van der Waals surface area contributed by atoms with Gasteiger partial charge in [-0.1, -0.05) is 30.3 Å². The van der Waals surface area contributed by atoms with Crippen molar-refractivity contribution in [3.05, 3.63) is 58.6 Å². The molecular formula is C16H16N4O. The minimum Gasteiger partial charge on any atom is -0.316 e. The molecule has 2 N–H and O–H groups in total. The van der Waals surface area contributed by atoms with Crippen molar-refractivity contribution in [1.29, 1.82) is 0 Å². The van der Waals surface area contributed by atoms with Crippen LogP contribution in [0.3, 0.4) is 0 Å². The molecule has 1 aliphatic heterocycles. The Balaban J connectivity index is 1.91. The molecule has 0 bridgehead atoms. The Bertz CT molecular complexity index is 828. The highest BCUT2D eigenvalue weighted by Gasteiger charge is 2.20. The normalized spacial score (nSPS) is 18.4. The van der Waals surface area contributed by atoms with Crippen LogP contribution in [0.5, 0.6) is 0 Å². The summed E-state index contributed by atoms with van der Waals surface area (Å²) in [5, 5.41) is 6.32. The summed E-state index contributed by atoms with van der Waals surface area (Å²) in [4.78, 5) is 17.0. The van der Waals surface area contributed by atoms with Crippen LogP contribution in [0.1, 0.15) is 18.0 Å². The Morgan fingerprint density at radius 1 is 1.24 bits per heavy atom. The Morgan fingerprint density at radius 2 is 2.10 bits per heavy atom. The number of nitrogens with one attached hydrogen (secondary N) is 2. The highest BCUT2D eigenvalue weighted by Crippen LogP contribution is 2.25. The van der Waals surface area contributed by atoms with Gasteiger partial charge in [0.05, 0.1) is 5.69 Å². The second kappa shape index (κ2) is 4.86. The fraction of sp³-hybridized carbons (Fsp3) is 0.250. The standard InChI is InChI=1S/C16H16N4O/c21-15-8-14(12-6-7-17-9-12)19-16-13(10-18-20(15)16)11-4-2-1-3-5-11/h1-5,8,10,12,17-18H,6-7,9H2. The van der Waals surface area contributed by atoms with Crippen LogP contribution >= 0.6 is 0 Å². The van der Waals surface area contributed by atoms with E-state index in [2.05, 4.69) is 10.4 Å². The second-order valence-corrected chi connectivity index (χ2v) is 5.42. The first-order valence-corrected chi connectivity index (χ1v) is 7.20. The molecular weight excluding hydrogens is 264 g/mol. The number of nitrogens with zero attached hydrogens (tertiary/aromatic N) is 2. The van der Waals surface area contributed by atoms with Crippen molar-refractivity contribution in [1.82, 2.24) is 19.9 Å². The predicted octanol–water partition coefficient (Wildman–Crippen LogP) is 1.77. The monoisotopic (exact) mass is 280 g/mol. The first-order chi connectivity index (χ1) is 10.3. The lowest BCUT2D eigenvalue weighted by Crippen LogP contribution is -2.18. The number of aromatic amines is 1. The van der Waals surface area contributed by atoms with E-state index in [0.717, 1.165) is 36.3 Å². The molecule has 21 heavy (non-hydrogen) atoms. The molecule has 5 nitrogen and oxygen atoms in total. The topological polar surface area (TPSA) is 62.2 Å². The van der Waals surface area contributed by atoms with Gasteiger partial charge in [0, 0.05) is 30.3 Å². The van der Waals surface area contributed by atoms with Gasteiger partial charge in [0.25, 0.3) is 5.56 Å². The summed E-state index contributed by atoms with van der Waals surface area (Å²) in [5.74, 6) is 0.334. The predicted molar refractivity (Wildman–Crippen MR) is 81.5 cm³/mol. The highest BCUT2D eigenvalue weighted by atomic mass is 16.1. The molecule has 1 unspecified atom stereocenters. The SMILES string of the molecule is O=c1cc(C2CCNC2)nc2c(-c3ccccc3)c[nH]n12. The van der Waals surface area contributed by atoms with Crippen molar-refractivity contribution in [2.24, 2.45) is 0 Å². The van der Waals surface area contributed by atoms with E-state index in [4.69, 9.17) is 4.98 Å². The molecule has 1 saturated heterocycles. The van der Waals surface area contributed by atoms with Gasteiger partial charge in [-0.3, -0.25) is 9.89 Å². The van der Waals surface area contributed by atoms with Crippen LogP contribution in [0, 0.1) is 0 Å². The van der Waals surface area contributed by atoms with Gasteiger partial charge in [0.1, 0.15) is 0 Å². The Morgan fingerprint density at radius 3 is 2.86 bits per heavy atom. The van der Waals surface area contributed by atoms with Gasteiger partial charge in [0.2, 0.25) is 0 Å². The van der Waals surface area contributed by atoms with Crippen molar-refractivity contribution in [3.63, 3.8) is 0 Å². The summed E-state index contributed by atoms with van der Waals surface area (Å²) >= 11 is 0. The molecule has 3 heterocycles. The molecule has 0 aliphatic carbocycles. The first-order valence-electron chi connectivity index (χ1n) is 7.20. The van der Waals surface area contributed by atoms with Gasteiger partial charge in [-0.05, 0) is 18.5 Å². The van der Waals surface area contributed by atoms with Gasteiger partial charge in [0.15, 0.2) is 5.65 Å². The van der Waals surface area contributed by atoms with Crippen LogP contribution in [0.2, 0.25) is 0 Å². The quantitative estimate of drug-likeness (QED) is 0.752. The van der Waals surface area contributed by atoms with E-state index in [9.17, 15) is 4.79 Å². The summed E-state index contributed by atoms with van der Waals surface area (Å²) in [6.45, 7) is 1.89. The van der Waals surface area contributed by atoms with E-state index in [1.165, 1.54) is 4.52 Å². The number of aromatic nitrogens is 3. The zero-order chi connectivity index (χ0) is 14.2. The average molecular weight is 280 g/mol. The summed E-state index contributed by atoms with van der Waals surface area (Å²) in [7, 11) is 0. The third-order valence-corrected chi connectivity index (χ3v) is 4.08. The Labute approximate surface area is 121 Å². The van der Waals surface area contributed by atoms with E-state index >= 15 is 0 Å². The lowest BCUT2D eigenvalue weighted by atomic mass is 10.0. The third-order valence-electron chi connectivity index (χ3n) is 4.08. The molecule has 106 valence electrons. The van der Waals surface area contributed by atoms with E-state index in [-0.39, 0.29) is 5.56 Å². The molecule has 0 saturated carbocycles. The zero-order valence-electron chi connectivity index (χ0n) is 11.5. The van der Waals surface area contributed by atoms with Crippen LogP contribution in [0.15, 0.2) is 47.4 Å². The molecule has 3 aromatic rings. The van der Waals surface area contributed by atoms with Gasteiger partial charge >= 0.3 is 0 Å². The van der Waals surface area contributed by atoms with Crippen molar-refractivity contribution in [2.75, 3.05) is 13.1 Å². The maximum absolute atomic E-state index is 12.3. The minimum atomic E-state index is -0.0518. The minimum absolute atomic E-state index is 0.0518. The van der Waals surface area contributed by atoms with Crippen molar-refractivity contribution < 1.29 is 0 Å². The van der Waals surface area contributed by atoms with Gasteiger partial charge in [-0.2, -0.15) is 0 Å². The molecule has 0 spiro atoms. The number of hydrogen-bond acceptors (Lipinski definition) is 3. The molecule has 5 heteroatoms. The summed E-state index contributed by atoms with van der Waals surface area (Å²) in [6.07, 6.45) is 2.88. The molecule has 4 rings (SSSR count). The van der Waals surface area contributed by atoms with E-state index in [1.54, 1.807) is 6.07 Å². The number of rotatable bonds is 2. The molecule has 1 aromatic carbocycles. The maximum atomic E-state index is 12.3. The molecule has 0 amide bonds. The van der Waals surface area contributed by atoms with Crippen LogP contribution in [0.4, 0.5) is 0 Å². The Kier molecular flexibility index (Phi) is 2.86. The van der Waals surface area contributed by atoms with Gasteiger partial charge in [-0.15, -0.1) is 0 Å². The summed E-state index contributed by atoms with van der Waals surface area (Å²) in [5.41, 5.74) is 3.56. The maximum Gasteiger partial charge on any atom is 0.272 e. The van der Waals surface area contributed by atoms with Crippen LogP contribution in [-0.2, 0) is 0 Å². The lowest BCUT2D eigenvalue weighted by Gasteiger charge is -2.08. The number of fused-ring (bicyclic) bond motifs is 1. The summed E-state index contributed by atoms with van der Waals surface area (Å²) < 4.78 is 1.51. The molecule has 0 radical (unpaired) electrons. The largest absolute Gasteiger partial charge is 0.316 e. The lowest BCUT2D eigenvalue weighted by molar-refractivity contribution is 0.726. The molecule has 2 aromatic heterocycles. The highest BCUT2D eigenvalue weighted by molar-refractivity contribution is 5.76. The smallest absolute Gasteiger partial charge is 0.272 e.